The van der Waals surface area contributed by atoms with E-state index in [1.807, 2.05) is 31.2 Å². The van der Waals surface area contributed by atoms with Crippen molar-refractivity contribution in [3.63, 3.8) is 0 Å². The first kappa shape index (κ1) is 22.0. The Morgan fingerprint density at radius 1 is 0.931 bits per heavy atom. The fourth-order valence-electron chi connectivity index (χ4n) is 2.51. The van der Waals surface area contributed by atoms with Crippen LogP contribution in [-0.4, -0.2) is 32.6 Å². The second-order valence-electron chi connectivity index (χ2n) is 6.15. The van der Waals surface area contributed by atoms with Gasteiger partial charge >= 0.3 is 5.97 Å². The van der Waals surface area contributed by atoms with Crippen LogP contribution in [0.5, 0.6) is 23.0 Å². The summed E-state index contributed by atoms with van der Waals surface area (Å²) in [7, 11) is 2.92. The lowest BCUT2D eigenvalue weighted by Gasteiger charge is -2.14. The second-order valence-corrected chi connectivity index (χ2v) is 6.15. The maximum absolute atomic E-state index is 12.9. The van der Waals surface area contributed by atoms with E-state index in [4.69, 9.17) is 18.9 Å². The Balaban J connectivity index is 2.30. The molecule has 2 aromatic carbocycles. The normalized spacial score (nSPS) is 10.6. The lowest BCUT2D eigenvalue weighted by atomic mass is 10.1. The number of benzene rings is 2. The molecule has 2 rings (SSSR count). The maximum Gasteiger partial charge on any atom is 0.310 e. The van der Waals surface area contributed by atoms with Crippen molar-refractivity contribution in [2.75, 3.05) is 20.8 Å². The van der Waals surface area contributed by atoms with Gasteiger partial charge in [0.1, 0.15) is 28.6 Å². The Morgan fingerprint density at radius 3 is 2.21 bits per heavy atom. The van der Waals surface area contributed by atoms with Crippen LogP contribution < -0.4 is 18.9 Å². The Bertz CT molecular complexity index is 868. The van der Waals surface area contributed by atoms with Crippen LogP contribution in [0.25, 0.3) is 6.08 Å². The lowest BCUT2D eigenvalue weighted by molar-refractivity contribution is -0.134. The van der Waals surface area contributed by atoms with E-state index in [0.717, 1.165) is 17.7 Å². The molecule has 6 heteroatoms. The number of allylic oxidation sites excluding steroid dienone is 1. The number of ketones is 1. The summed E-state index contributed by atoms with van der Waals surface area (Å²) in [6.45, 7) is 4.38. The molecule has 0 aromatic heterocycles. The largest absolute Gasteiger partial charge is 0.496 e. The van der Waals surface area contributed by atoms with Crippen molar-refractivity contribution in [3.8, 4) is 23.0 Å². The van der Waals surface area contributed by atoms with Crippen molar-refractivity contribution >= 4 is 17.8 Å². The van der Waals surface area contributed by atoms with Crippen molar-refractivity contribution in [1.29, 1.82) is 0 Å². The van der Waals surface area contributed by atoms with E-state index >= 15 is 0 Å². The molecule has 0 radical (unpaired) electrons. The first-order chi connectivity index (χ1) is 14.0. The molecule has 0 aliphatic rings. The van der Waals surface area contributed by atoms with Crippen LogP contribution in [0.3, 0.4) is 0 Å². The summed E-state index contributed by atoms with van der Waals surface area (Å²) in [6, 6.07) is 10.5. The molecule has 6 nitrogen and oxygen atoms in total. The Morgan fingerprint density at radius 2 is 1.62 bits per heavy atom. The third-order valence-electron chi connectivity index (χ3n) is 4.03. The molecule has 0 spiro atoms. The van der Waals surface area contributed by atoms with Gasteiger partial charge in [-0.25, -0.2) is 0 Å². The van der Waals surface area contributed by atoms with Gasteiger partial charge in [-0.15, -0.1) is 0 Å². The van der Waals surface area contributed by atoms with E-state index < -0.39 is 5.97 Å². The van der Waals surface area contributed by atoms with Gasteiger partial charge in [0, 0.05) is 18.6 Å². The van der Waals surface area contributed by atoms with Gasteiger partial charge in [0.05, 0.1) is 20.8 Å². The van der Waals surface area contributed by atoms with Gasteiger partial charge in [0.2, 0.25) is 0 Å². The second kappa shape index (κ2) is 10.9. The van der Waals surface area contributed by atoms with Crippen LogP contribution in [0.4, 0.5) is 0 Å². The van der Waals surface area contributed by atoms with E-state index in [1.165, 1.54) is 26.4 Å². The number of carbonyl (C=O) groups excluding carboxylic acids is 2. The Kier molecular flexibility index (Phi) is 8.27. The quantitative estimate of drug-likeness (QED) is 0.250. The molecule has 0 N–H and O–H groups in total. The number of hydrogen-bond acceptors (Lipinski definition) is 6. The molecule has 0 fully saturated rings. The van der Waals surface area contributed by atoms with Crippen molar-refractivity contribution < 1.29 is 28.5 Å². The summed E-state index contributed by atoms with van der Waals surface area (Å²) < 4.78 is 21.4. The molecule has 29 heavy (non-hydrogen) atoms. The fourth-order valence-corrected chi connectivity index (χ4v) is 2.51. The van der Waals surface area contributed by atoms with Crippen LogP contribution in [0, 0.1) is 0 Å². The van der Waals surface area contributed by atoms with E-state index in [2.05, 4.69) is 0 Å². The fraction of sp³-hybridized carbons (Fsp3) is 0.304. The SMILES string of the molecule is CCCOc1ccc(C=CC(=O)c2c(OC)cc(OC)cc2OC(=O)CC)cc1. The minimum Gasteiger partial charge on any atom is -0.496 e. The maximum atomic E-state index is 12.9. The van der Waals surface area contributed by atoms with Crippen LogP contribution >= 0.6 is 0 Å². The van der Waals surface area contributed by atoms with Gasteiger partial charge in [0.15, 0.2) is 5.78 Å². The minimum absolute atomic E-state index is 0.103. The summed E-state index contributed by atoms with van der Waals surface area (Å²) in [6.07, 6.45) is 4.21. The highest BCUT2D eigenvalue weighted by Gasteiger charge is 2.20. The number of ether oxygens (including phenoxy) is 4. The van der Waals surface area contributed by atoms with E-state index in [-0.39, 0.29) is 29.3 Å². The smallest absolute Gasteiger partial charge is 0.310 e. The molecule has 0 unspecified atom stereocenters. The first-order valence-corrected chi connectivity index (χ1v) is 9.44. The predicted octanol–water partition coefficient (Wildman–Crippen LogP) is 4.70. The first-order valence-electron chi connectivity index (χ1n) is 9.44. The van der Waals surface area contributed by atoms with E-state index in [9.17, 15) is 9.59 Å². The highest BCUT2D eigenvalue weighted by atomic mass is 16.5. The Hall–Kier alpha value is -3.28. The average molecular weight is 398 g/mol. The number of hydrogen-bond donors (Lipinski definition) is 0. The highest BCUT2D eigenvalue weighted by molar-refractivity contribution is 6.11. The zero-order chi connectivity index (χ0) is 21.2. The minimum atomic E-state index is -0.457. The van der Waals surface area contributed by atoms with E-state index in [1.54, 1.807) is 19.1 Å². The molecule has 0 aliphatic heterocycles. The third-order valence-corrected chi connectivity index (χ3v) is 4.03. The van der Waals surface area contributed by atoms with E-state index in [0.29, 0.717) is 12.4 Å². The lowest BCUT2D eigenvalue weighted by Crippen LogP contribution is -2.10. The molecule has 0 saturated heterocycles. The predicted molar refractivity (Wildman–Crippen MR) is 111 cm³/mol. The molecule has 154 valence electrons. The van der Waals surface area contributed by atoms with Gasteiger partial charge in [-0.3, -0.25) is 9.59 Å². The highest BCUT2D eigenvalue weighted by Crippen LogP contribution is 2.35. The van der Waals surface area contributed by atoms with Gasteiger partial charge in [0.25, 0.3) is 0 Å². The van der Waals surface area contributed by atoms with Crippen molar-refractivity contribution in [2.24, 2.45) is 0 Å². The zero-order valence-corrected chi connectivity index (χ0v) is 17.2. The van der Waals surface area contributed by atoms with Crippen molar-refractivity contribution in [3.05, 3.63) is 53.6 Å². The summed E-state index contributed by atoms with van der Waals surface area (Å²) in [5.74, 6) is 0.757. The zero-order valence-electron chi connectivity index (χ0n) is 17.2. The molecule has 0 aliphatic carbocycles. The topological polar surface area (TPSA) is 71.1 Å². The van der Waals surface area contributed by atoms with Crippen LogP contribution in [0.1, 0.15) is 42.6 Å². The third kappa shape index (κ3) is 6.10. The van der Waals surface area contributed by atoms with Crippen molar-refractivity contribution in [2.45, 2.75) is 26.7 Å². The van der Waals surface area contributed by atoms with Crippen LogP contribution in [0.15, 0.2) is 42.5 Å². The standard InChI is InChI=1S/C23H26O6/c1-5-13-28-17-10-7-16(8-11-17)9-12-19(24)23-20(27-4)14-18(26-3)15-21(23)29-22(25)6-2/h7-12,14-15H,5-6,13H2,1-4H3. The van der Waals surface area contributed by atoms with Crippen LogP contribution in [-0.2, 0) is 4.79 Å². The number of carbonyl (C=O) groups is 2. The monoisotopic (exact) mass is 398 g/mol. The average Bonchev–Trinajstić information content (AvgIpc) is 2.75. The molecule has 0 saturated carbocycles. The molecule has 0 heterocycles. The van der Waals surface area contributed by atoms with Gasteiger partial charge in [-0.05, 0) is 30.2 Å². The van der Waals surface area contributed by atoms with Gasteiger partial charge < -0.3 is 18.9 Å². The number of rotatable bonds is 10. The molecular formula is C23H26O6. The molecule has 2 aromatic rings. The summed E-state index contributed by atoms with van der Waals surface area (Å²) in [5, 5.41) is 0. The molecule has 0 bridgehead atoms. The summed E-state index contributed by atoms with van der Waals surface area (Å²) in [4.78, 5) is 24.7. The molecule has 0 amide bonds. The summed E-state index contributed by atoms with van der Waals surface area (Å²) in [5.41, 5.74) is 0.996. The number of esters is 1. The molecular weight excluding hydrogens is 372 g/mol. The summed E-state index contributed by atoms with van der Waals surface area (Å²) >= 11 is 0. The number of methoxy groups -OCH3 is 2. The van der Waals surface area contributed by atoms with Gasteiger partial charge in [-0.1, -0.05) is 32.1 Å². The van der Waals surface area contributed by atoms with Crippen molar-refractivity contribution in [1.82, 2.24) is 0 Å². The molecule has 0 atom stereocenters. The van der Waals surface area contributed by atoms with Gasteiger partial charge in [-0.2, -0.15) is 0 Å². The van der Waals surface area contributed by atoms with Crippen LogP contribution in [0.2, 0.25) is 0 Å². The Labute approximate surface area is 171 Å².